The molecule has 1 N–H and O–H groups in total. The second-order valence-electron chi connectivity index (χ2n) is 3.46. The number of hydrogen-bond acceptors (Lipinski definition) is 4. The topological polar surface area (TPSA) is 83.7 Å². The molecule has 0 bridgehead atoms. The Hall–Kier alpha value is -1.89. The molecule has 0 aliphatic rings. The first-order valence-electron chi connectivity index (χ1n) is 4.97. The summed E-state index contributed by atoms with van der Waals surface area (Å²) < 4.78 is 0.472. The molecule has 6 nitrogen and oxygen atoms in total. The Morgan fingerprint density at radius 1 is 1.61 bits per heavy atom. The Bertz CT molecular complexity index is 490. The van der Waals surface area contributed by atoms with Crippen molar-refractivity contribution in [3.8, 4) is 0 Å². The molecule has 0 aliphatic carbocycles. The third-order valence-electron chi connectivity index (χ3n) is 2.16. The number of carboxylic acids is 1. The van der Waals surface area contributed by atoms with Crippen LogP contribution in [0.15, 0.2) is 35.3 Å². The van der Waals surface area contributed by atoms with Crippen LogP contribution < -0.4 is 4.90 Å². The van der Waals surface area contributed by atoms with Gasteiger partial charge in [0.2, 0.25) is 0 Å². The molecule has 1 rings (SSSR count). The highest BCUT2D eigenvalue weighted by atomic mass is 79.9. The van der Waals surface area contributed by atoms with Gasteiger partial charge in [0.25, 0.3) is 5.69 Å². The Morgan fingerprint density at radius 2 is 2.28 bits per heavy atom. The molecule has 0 saturated heterocycles. The predicted molar refractivity (Wildman–Crippen MR) is 70.8 cm³/mol. The molecular weight excluding hydrogens is 304 g/mol. The maximum Gasteiger partial charge on any atom is 0.323 e. The minimum Gasteiger partial charge on any atom is -0.480 e. The van der Waals surface area contributed by atoms with Crippen LogP contribution in [0.1, 0.15) is 0 Å². The van der Waals surface area contributed by atoms with Gasteiger partial charge in [-0.1, -0.05) is 6.08 Å². The molecule has 0 fully saturated rings. The molecule has 18 heavy (non-hydrogen) atoms. The van der Waals surface area contributed by atoms with Crippen LogP contribution in [-0.4, -0.2) is 29.1 Å². The van der Waals surface area contributed by atoms with Gasteiger partial charge in [0.05, 0.1) is 10.6 Å². The van der Waals surface area contributed by atoms with Crippen molar-refractivity contribution in [1.82, 2.24) is 0 Å². The first kappa shape index (κ1) is 14.2. The van der Waals surface area contributed by atoms with Gasteiger partial charge in [-0.15, -0.1) is 6.58 Å². The van der Waals surface area contributed by atoms with Crippen LogP contribution >= 0.6 is 15.9 Å². The van der Waals surface area contributed by atoms with E-state index in [0.29, 0.717) is 16.7 Å². The lowest BCUT2D eigenvalue weighted by Crippen LogP contribution is -2.30. The molecule has 0 amide bonds. The summed E-state index contributed by atoms with van der Waals surface area (Å²) in [4.78, 5) is 22.4. The third-order valence-corrected chi connectivity index (χ3v) is 2.79. The van der Waals surface area contributed by atoms with E-state index in [2.05, 4.69) is 22.5 Å². The van der Waals surface area contributed by atoms with E-state index in [4.69, 9.17) is 5.11 Å². The number of nitro benzene ring substituents is 1. The first-order valence-corrected chi connectivity index (χ1v) is 5.76. The molecule has 0 heterocycles. The van der Waals surface area contributed by atoms with Crippen molar-refractivity contribution in [2.75, 3.05) is 18.0 Å². The van der Waals surface area contributed by atoms with Gasteiger partial charge in [0.15, 0.2) is 0 Å². The summed E-state index contributed by atoms with van der Waals surface area (Å²) in [7, 11) is 0. The molecule has 96 valence electrons. The van der Waals surface area contributed by atoms with Crippen molar-refractivity contribution >= 4 is 33.3 Å². The highest BCUT2D eigenvalue weighted by molar-refractivity contribution is 9.10. The first-order chi connectivity index (χ1) is 8.45. The van der Waals surface area contributed by atoms with Crippen molar-refractivity contribution in [3.63, 3.8) is 0 Å². The Labute approximate surface area is 112 Å². The number of anilines is 1. The molecule has 7 heteroatoms. The van der Waals surface area contributed by atoms with Crippen molar-refractivity contribution in [1.29, 1.82) is 0 Å². The van der Waals surface area contributed by atoms with Crippen LogP contribution in [0.2, 0.25) is 0 Å². The van der Waals surface area contributed by atoms with Crippen molar-refractivity contribution in [2.45, 2.75) is 0 Å². The number of nitrogens with zero attached hydrogens (tertiary/aromatic N) is 2. The molecule has 0 atom stereocenters. The SMILES string of the molecule is C=CCN(CC(=O)O)c1ccc([N+](=O)[O-])cc1Br. The van der Waals surface area contributed by atoms with E-state index in [-0.39, 0.29) is 12.2 Å². The van der Waals surface area contributed by atoms with Crippen LogP contribution in [0.3, 0.4) is 0 Å². The predicted octanol–water partition coefficient (Wildman–Crippen LogP) is 2.43. The van der Waals surface area contributed by atoms with Crippen LogP contribution in [0, 0.1) is 10.1 Å². The summed E-state index contributed by atoms with van der Waals surface area (Å²) in [6.07, 6.45) is 1.57. The smallest absolute Gasteiger partial charge is 0.323 e. The van der Waals surface area contributed by atoms with Gasteiger partial charge in [-0.05, 0) is 22.0 Å². The largest absolute Gasteiger partial charge is 0.480 e. The monoisotopic (exact) mass is 314 g/mol. The lowest BCUT2D eigenvalue weighted by Gasteiger charge is -2.22. The zero-order valence-electron chi connectivity index (χ0n) is 9.38. The Kier molecular flexibility index (Phi) is 4.85. The van der Waals surface area contributed by atoms with Crippen molar-refractivity contribution in [2.24, 2.45) is 0 Å². The lowest BCUT2D eigenvalue weighted by molar-refractivity contribution is -0.384. The summed E-state index contributed by atoms with van der Waals surface area (Å²) >= 11 is 3.20. The van der Waals surface area contributed by atoms with E-state index < -0.39 is 10.9 Å². The average Bonchev–Trinajstić information content (AvgIpc) is 2.27. The summed E-state index contributed by atoms with van der Waals surface area (Å²) in [6.45, 7) is 3.68. The number of halogens is 1. The maximum atomic E-state index is 10.7. The third kappa shape index (κ3) is 3.56. The second kappa shape index (κ2) is 6.15. The Morgan fingerprint density at radius 3 is 2.72 bits per heavy atom. The fourth-order valence-electron chi connectivity index (χ4n) is 1.43. The number of rotatable bonds is 6. The number of nitro groups is 1. The molecule has 0 aliphatic heterocycles. The average molecular weight is 315 g/mol. The number of hydrogen-bond donors (Lipinski definition) is 1. The van der Waals surface area contributed by atoms with Crippen molar-refractivity contribution < 1.29 is 14.8 Å². The fraction of sp³-hybridized carbons (Fsp3) is 0.182. The van der Waals surface area contributed by atoms with Crippen molar-refractivity contribution in [3.05, 3.63) is 45.4 Å². The molecule has 0 saturated carbocycles. The molecule has 1 aromatic rings. The summed E-state index contributed by atoms with van der Waals surface area (Å²) in [5, 5.41) is 19.4. The fourth-order valence-corrected chi connectivity index (χ4v) is 2.05. The van der Waals surface area contributed by atoms with Gasteiger partial charge in [0, 0.05) is 23.2 Å². The van der Waals surface area contributed by atoms with E-state index in [9.17, 15) is 14.9 Å². The van der Waals surface area contributed by atoms with Crippen LogP contribution in [-0.2, 0) is 4.79 Å². The van der Waals surface area contributed by atoms with E-state index in [1.54, 1.807) is 11.0 Å². The quantitative estimate of drug-likeness (QED) is 0.495. The van der Waals surface area contributed by atoms with Crippen LogP contribution in [0.5, 0.6) is 0 Å². The normalized spacial score (nSPS) is 9.83. The van der Waals surface area contributed by atoms with Gasteiger partial charge < -0.3 is 10.0 Å². The summed E-state index contributed by atoms with van der Waals surface area (Å²) in [6, 6.07) is 4.18. The molecule has 0 radical (unpaired) electrons. The number of carboxylic acid groups (broad SMARTS) is 1. The standard InChI is InChI=1S/C11H11BrN2O4/c1-2-5-13(7-11(15)16)10-4-3-8(14(17)18)6-9(10)12/h2-4,6H,1,5,7H2,(H,15,16). The summed E-state index contributed by atoms with van der Waals surface area (Å²) in [5.41, 5.74) is 0.516. The van der Waals surface area contributed by atoms with Gasteiger partial charge >= 0.3 is 5.97 Å². The number of aliphatic carboxylic acids is 1. The zero-order valence-corrected chi connectivity index (χ0v) is 11.0. The van der Waals surface area contributed by atoms with Gasteiger partial charge in [-0.2, -0.15) is 0 Å². The second-order valence-corrected chi connectivity index (χ2v) is 4.31. The number of non-ortho nitro benzene ring substituents is 1. The van der Waals surface area contributed by atoms with E-state index in [0.717, 1.165) is 0 Å². The highest BCUT2D eigenvalue weighted by Crippen LogP contribution is 2.30. The molecule has 0 spiro atoms. The zero-order chi connectivity index (χ0) is 13.7. The number of benzene rings is 1. The minimum absolute atomic E-state index is 0.0560. The van der Waals surface area contributed by atoms with E-state index in [1.165, 1.54) is 18.2 Å². The van der Waals surface area contributed by atoms with Crippen LogP contribution in [0.4, 0.5) is 11.4 Å². The molecule has 0 unspecified atom stereocenters. The van der Waals surface area contributed by atoms with E-state index >= 15 is 0 Å². The Balaban J connectivity index is 3.08. The molecular formula is C11H11BrN2O4. The molecule has 0 aromatic heterocycles. The van der Waals surface area contributed by atoms with Gasteiger partial charge in [-0.3, -0.25) is 14.9 Å². The highest BCUT2D eigenvalue weighted by Gasteiger charge is 2.15. The summed E-state index contributed by atoms with van der Waals surface area (Å²) in [5.74, 6) is -0.984. The minimum atomic E-state index is -0.984. The van der Waals surface area contributed by atoms with Crippen LogP contribution in [0.25, 0.3) is 0 Å². The van der Waals surface area contributed by atoms with E-state index in [1.807, 2.05) is 0 Å². The maximum absolute atomic E-state index is 10.7. The van der Waals surface area contributed by atoms with Gasteiger partial charge in [-0.25, -0.2) is 0 Å². The van der Waals surface area contributed by atoms with Gasteiger partial charge in [0.1, 0.15) is 6.54 Å². The lowest BCUT2D eigenvalue weighted by atomic mass is 10.2. The number of carbonyl (C=O) groups is 1. The molecule has 1 aromatic carbocycles.